The summed E-state index contributed by atoms with van der Waals surface area (Å²) in [5.41, 5.74) is 0. The van der Waals surface area contributed by atoms with Crippen molar-refractivity contribution in [3.63, 3.8) is 0 Å². The van der Waals surface area contributed by atoms with Crippen LogP contribution >= 0.6 is 7.82 Å². The van der Waals surface area contributed by atoms with Gasteiger partial charge in [-0.15, -0.1) is 0 Å². The molecule has 10 heteroatoms. The largest absolute Gasteiger partial charge is 0.756 e. The van der Waals surface area contributed by atoms with E-state index in [-0.39, 0.29) is 26.1 Å². The molecule has 0 aromatic carbocycles. The summed E-state index contributed by atoms with van der Waals surface area (Å²) in [6, 6.07) is 0. The number of esters is 2. The molecule has 0 N–H and O–H groups in total. The van der Waals surface area contributed by atoms with Crippen LogP contribution in [0.2, 0.25) is 0 Å². The standard InChI is InChI=1S/C62H100NO8P/c1-6-8-10-12-14-16-18-20-22-24-26-28-29-30-31-32-33-35-37-39-41-43-45-47-49-51-53-55-62(65)71-60(59-70-72(66,67)69-57-56-63(3,4)5)58-68-61(64)54-52-50-48-46-44-42-40-38-36-34-27-25-23-21-19-17-15-13-11-9-7-2/h8-11,14-17,20-23,26-28,30-31,33-35,38-41,60H,6-7,12-13,18-19,24-25,29,32,36-37,42-59H2,1-5H3/b10-8-,11-9-,16-14-,17-15-,22-20-,23-21-,28-26-,31-30-,34-27-,35-33-,40-38-,41-39-. The van der Waals surface area contributed by atoms with Crippen LogP contribution in [0.5, 0.6) is 0 Å². The zero-order valence-corrected chi connectivity index (χ0v) is 46.7. The quantitative estimate of drug-likeness (QED) is 0.0195. The SMILES string of the molecule is CC/C=C\C/C=C\C/C=C\C/C=C\C/C=C\C/C=C\C/C=C\CCCCCCCC(=O)OC(COC(=O)CCCCCCC/C=C\C/C=C\C/C=C\C/C=C\C/C=C\CC)COP(=O)([O-])OCC[N+](C)(C)C. The maximum Gasteiger partial charge on any atom is 0.306 e. The lowest BCUT2D eigenvalue weighted by Gasteiger charge is -2.28. The number of likely N-dealkylation sites (N-methyl/N-ethyl adjacent to an activating group) is 1. The molecule has 0 fully saturated rings. The highest BCUT2D eigenvalue weighted by molar-refractivity contribution is 7.45. The van der Waals surface area contributed by atoms with E-state index in [1.165, 1.54) is 0 Å². The highest BCUT2D eigenvalue weighted by Crippen LogP contribution is 2.38. The Hall–Kier alpha value is -4.11. The molecule has 0 aliphatic carbocycles. The minimum Gasteiger partial charge on any atom is -0.756 e. The zero-order valence-electron chi connectivity index (χ0n) is 45.8. The smallest absolute Gasteiger partial charge is 0.306 e. The van der Waals surface area contributed by atoms with Gasteiger partial charge in [0.25, 0.3) is 7.82 Å². The Labute approximate surface area is 440 Å². The number of nitrogens with zero attached hydrogens (tertiary/aromatic N) is 1. The lowest BCUT2D eigenvalue weighted by molar-refractivity contribution is -0.870. The fraction of sp³-hybridized carbons (Fsp3) is 0.581. The van der Waals surface area contributed by atoms with Crippen molar-refractivity contribution in [2.75, 3.05) is 47.5 Å². The number of unbranched alkanes of at least 4 members (excludes halogenated alkanes) is 10. The summed E-state index contributed by atoms with van der Waals surface area (Å²) >= 11 is 0. The van der Waals surface area contributed by atoms with Gasteiger partial charge in [0.05, 0.1) is 27.7 Å². The summed E-state index contributed by atoms with van der Waals surface area (Å²) < 4.78 is 34.1. The first-order valence-electron chi connectivity index (χ1n) is 27.5. The Bertz CT molecular complexity index is 1720. The summed E-state index contributed by atoms with van der Waals surface area (Å²) in [6.45, 7) is 3.93. The molecule has 0 spiro atoms. The first-order valence-corrected chi connectivity index (χ1v) is 29.0. The van der Waals surface area contributed by atoms with Gasteiger partial charge in [-0.25, -0.2) is 0 Å². The van der Waals surface area contributed by atoms with Crippen molar-refractivity contribution < 1.29 is 42.1 Å². The Balaban J connectivity index is 4.35. The van der Waals surface area contributed by atoms with E-state index in [1.54, 1.807) is 0 Å². The predicted molar refractivity (Wildman–Crippen MR) is 304 cm³/mol. The first-order chi connectivity index (χ1) is 35.0. The van der Waals surface area contributed by atoms with Crippen molar-refractivity contribution in [3.8, 4) is 0 Å². The van der Waals surface area contributed by atoms with E-state index in [9.17, 15) is 19.0 Å². The number of quaternary nitrogens is 1. The fourth-order valence-corrected chi connectivity index (χ4v) is 7.39. The van der Waals surface area contributed by atoms with E-state index in [4.69, 9.17) is 18.5 Å². The number of allylic oxidation sites excluding steroid dienone is 24. The second-order valence-electron chi connectivity index (χ2n) is 18.8. The molecule has 2 unspecified atom stereocenters. The number of phosphoric acid groups is 1. The van der Waals surface area contributed by atoms with Gasteiger partial charge in [-0.05, 0) is 116 Å². The van der Waals surface area contributed by atoms with Crippen LogP contribution in [0, 0.1) is 0 Å². The second-order valence-corrected chi connectivity index (χ2v) is 20.2. The monoisotopic (exact) mass is 1020 g/mol. The van der Waals surface area contributed by atoms with Crippen molar-refractivity contribution in [3.05, 3.63) is 146 Å². The van der Waals surface area contributed by atoms with E-state index in [0.717, 1.165) is 141 Å². The van der Waals surface area contributed by atoms with Crippen LogP contribution < -0.4 is 4.89 Å². The van der Waals surface area contributed by atoms with Crippen molar-refractivity contribution in [2.45, 2.75) is 187 Å². The minimum atomic E-state index is -4.66. The maximum atomic E-state index is 12.8. The molecule has 0 heterocycles. The van der Waals surface area contributed by atoms with E-state index >= 15 is 0 Å². The van der Waals surface area contributed by atoms with Gasteiger partial charge in [-0.1, -0.05) is 198 Å². The normalized spacial score (nSPS) is 14.5. The first kappa shape index (κ1) is 67.9. The van der Waals surface area contributed by atoms with Crippen LogP contribution in [-0.2, 0) is 32.7 Å². The van der Waals surface area contributed by atoms with Crippen molar-refractivity contribution in [1.82, 2.24) is 0 Å². The maximum absolute atomic E-state index is 12.8. The predicted octanol–water partition coefficient (Wildman–Crippen LogP) is 16.5. The molecule has 0 saturated heterocycles. The van der Waals surface area contributed by atoms with Gasteiger partial charge in [0, 0.05) is 12.8 Å². The Morgan fingerprint density at radius 2 is 0.750 bits per heavy atom. The van der Waals surface area contributed by atoms with Crippen LogP contribution in [0.3, 0.4) is 0 Å². The van der Waals surface area contributed by atoms with Gasteiger partial charge in [0.2, 0.25) is 0 Å². The third kappa shape index (κ3) is 55.2. The second kappa shape index (κ2) is 51.8. The average molecular weight is 1020 g/mol. The molecule has 0 radical (unpaired) electrons. The molecule has 72 heavy (non-hydrogen) atoms. The molecule has 406 valence electrons. The van der Waals surface area contributed by atoms with Gasteiger partial charge in [0.1, 0.15) is 19.8 Å². The molecule has 0 aliphatic rings. The average Bonchev–Trinajstić information content (AvgIpc) is 3.34. The molecule has 0 rings (SSSR count). The minimum absolute atomic E-state index is 0.0479. The molecule has 0 aromatic rings. The molecule has 0 saturated carbocycles. The number of carbonyl (C=O) groups is 2. The lowest BCUT2D eigenvalue weighted by Crippen LogP contribution is -2.37. The van der Waals surface area contributed by atoms with E-state index in [0.29, 0.717) is 23.9 Å². The van der Waals surface area contributed by atoms with E-state index < -0.39 is 32.5 Å². The molecule has 0 aromatic heterocycles. The number of hydrogen-bond acceptors (Lipinski definition) is 8. The van der Waals surface area contributed by atoms with Gasteiger partial charge in [0.15, 0.2) is 6.10 Å². The van der Waals surface area contributed by atoms with Gasteiger partial charge < -0.3 is 27.9 Å². The molecular formula is C62H100NO8P. The molecule has 0 aliphatic heterocycles. The van der Waals surface area contributed by atoms with E-state index in [1.807, 2.05) is 21.1 Å². The van der Waals surface area contributed by atoms with Gasteiger partial charge >= 0.3 is 11.9 Å². The van der Waals surface area contributed by atoms with Crippen LogP contribution in [0.4, 0.5) is 0 Å². The van der Waals surface area contributed by atoms with E-state index in [2.05, 4.69) is 160 Å². The summed E-state index contributed by atoms with van der Waals surface area (Å²) in [5.74, 6) is -0.892. The fourth-order valence-electron chi connectivity index (χ4n) is 6.66. The highest BCUT2D eigenvalue weighted by Gasteiger charge is 2.21. The summed E-state index contributed by atoms with van der Waals surface area (Å²) in [5, 5.41) is 0. The number of ether oxygens (including phenoxy) is 2. The lowest BCUT2D eigenvalue weighted by atomic mass is 10.1. The van der Waals surface area contributed by atoms with Crippen LogP contribution in [0.1, 0.15) is 181 Å². The number of hydrogen-bond donors (Lipinski definition) is 0. The van der Waals surface area contributed by atoms with Gasteiger partial charge in [-0.3, -0.25) is 14.2 Å². The highest BCUT2D eigenvalue weighted by atomic mass is 31.2. The molecule has 0 amide bonds. The van der Waals surface area contributed by atoms with Crippen LogP contribution in [0.15, 0.2) is 146 Å². The molecule has 9 nitrogen and oxygen atoms in total. The van der Waals surface area contributed by atoms with Crippen molar-refractivity contribution >= 4 is 19.8 Å². The van der Waals surface area contributed by atoms with Crippen LogP contribution in [-0.4, -0.2) is 70.0 Å². The number of carbonyl (C=O) groups excluding carboxylic acids is 2. The Kier molecular flexibility index (Phi) is 48.8. The molecule has 0 bridgehead atoms. The number of rotatable bonds is 48. The third-order valence-corrected chi connectivity index (χ3v) is 11.8. The van der Waals surface area contributed by atoms with Crippen molar-refractivity contribution in [1.29, 1.82) is 0 Å². The summed E-state index contributed by atoms with van der Waals surface area (Å²) in [7, 11) is 1.11. The number of phosphoric ester groups is 1. The third-order valence-electron chi connectivity index (χ3n) is 10.9. The summed E-state index contributed by atoms with van der Waals surface area (Å²) in [4.78, 5) is 37.8. The zero-order chi connectivity index (χ0) is 52.7. The topological polar surface area (TPSA) is 111 Å². The Morgan fingerprint density at radius 1 is 0.431 bits per heavy atom. The summed E-state index contributed by atoms with van der Waals surface area (Å²) in [6.07, 6.45) is 75.9. The van der Waals surface area contributed by atoms with Crippen LogP contribution in [0.25, 0.3) is 0 Å². The Morgan fingerprint density at radius 3 is 1.11 bits per heavy atom. The van der Waals surface area contributed by atoms with Crippen molar-refractivity contribution in [2.24, 2.45) is 0 Å². The molecular weight excluding hydrogens is 918 g/mol. The van der Waals surface area contributed by atoms with Gasteiger partial charge in [-0.2, -0.15) is 0 Å². The molecule has 2 atom stereocenters.